The number of rotatable bonds is 2. The fourth-order valence-corrected chi connectivity index (χ4v) is 2.02. The van der Waals surface area contributed by atoms with Crippen LogP contribution in [0.5, 0.6) is 0 Å². The standard InChI is InChI=1S/C13H19N3O/c1-9(2)12-7-10(3)14-13(15-12)16-6-4-5-11(17)8-16/h7,9H,4-6,8H2,1-3H3. The molecule has 1 aliphatic rings. The summed E-state index contributed by atoms with van der Waals surface area (Å²) in [7, 11) is 0. The van der Waals surface area contributed by atoms with Crippen LogP contribution in [0, 0.1) is 6.92 Å². The molecule has 1 aromatic rings. The van der Waals surface area contributed by atoms with Crippen LogP contribution in [0.15, 0.2) is 6.07 Å². The molecule has 0 radical (unpaired) electrons. The fraction of sp³-hybridized carbons (Fsp3) is 0.615. The van der Waals surface area contributed by atoms with E-state index in [2.05, 4.69) is 23.8 Å². The molecule has 0 spiro atoms. The fourth-order valence-electron chi connectivity index (χ4n) is 2.02. The molecule has 0 aromatic carbocycles. The molecule has 2 rings (SSSR count). The van der Waals surface area contributed by atoms with Crippen molar-refractivity contribution in [1.82, 2.24) is 9.97 Å². The number of anilines is 1. The first-order valence-electron chi connectivity index (χ1n) is 6.18. The number of carbonyl (C=O) groups excluding carboxylic acids is 1. The summed E-state index contributed by atoms with van der Waals surface area (Å²) in [6.07, 6.45) is 1.60. The summed E-state index contributed by atoms with van der Waals surface area (Å²) in [6.45, 7) is 7.55. The maximum Gasteiger partial charge on any atom is 0.226 e. The van der Waals surface area contributed by atoms with Crippen molar-refractivity contribution >= 4 is 11.7 Å². The molecular weight excluding hydrogens is 214 g/mol. The molecule has 0 saturated carbocycles. The van der Waals surface area contributed by atoms with Crippen molar-refractivity contribution in [3.63, 3.8) is 0 Å². The molecule has 4 nitrogen and oxygen atoms in total. The molecule has 0 atom stereocenters. The smallest absolute Gasteiger partial charge is 0.226 e. The van der Waals surface area contributed by atoms with Crippen LogP contribution in [0.2, 0.25) is 0 Å². The zero-order chi connectivity index (χ0) is 12.4. The average Bonchev–Trinajstić information content (AvgIpc) is 2.28. The van der Waals surface area contributed by atoms with Crippen molar-refractivity contribution in [3.05, 3.63) is 17.5 Å². The van der Waals surface area contributed by atoms with Gasteiger partial charge in [0, 0.05) is 24.4 Å². The lowest BCUT2D eigenvalue weighted by molar-refractivity contribution is -0.118. The number of aryl methyl sites for hydroxylation is 1. The number of ketones is 1. The highest BCUT2D eigenvalue weighted by Gasteiger charge is 2.20. The van der Waals surface area contributed by atoms with Crippen molar-refractivity contribution in [2.75, 3.05) is 18.0 Å². The second-order valence-corrected chi connectivity index (χ2v) is 4.95. The molecule has 0 N–H and O–H groups in total. The van der Waals surface area contributed by atoms with Gasteiger partial charge in [0.05, 0.1) is 6.54 Å². The van der Waals surface area contributed by atoms with E-state index in [1.165, 1.54) is 0 Å². The Kier molecular flexibility index (Phi) is 3.41. The van der Waals surface area contributed by atoms with Crippen molar-refractivity contribution in [1.29, 1.82) is 0 Å². The summed E-state index contributed by atoms with van der Waals surface area (Å²) in [5.74, 6) is 1.38. The topological polar surface area (TPSA) is 46.1 Å². The second-order valence-electron chi connectivity index (χ2n) is 4.95. The monoisotopic (exact) mass is 233 g/mol. The predicted molar refractivity (Wildman–Crippen MR) is 67.3 cm³/mol. The lowest BCUT2D eigenvalue weighted by atomic mass is 10.1. The van der Waals surface area contributed by atoms with Crippen LogP contribution in [0.3, 0.4) is 0 Å². The van der Waals surface area contributed by atoms with Crippen molar-refractivity contribution < 1.29 is 4.79 Å². The van der Waals surface area contributed by atoms with Crippen molar-refractivity contribution in [2.45, 2.75) is 39.5 Å². The summed E-state index contributed by atoms with van der Waals surface area (Å²) < 4.78 is 0. The van der Waals surface area contributed by atoms with Gasteiger partial charge < -0.3 is 4.90 Å². The number of hydrogen-bond donors (Lipinski definition) is 0. The maximum atomic E-state index is 11.5. The van der Waals surface area contributed by atoms with Gasteiger partial charge in [0.1, 0.15) is 0 Å². The molecule has 17 heavy (non-hydrogen) atoms. The number of hydrogen-bond acceptors (Lipinski definition) is 4. The molecule has 1 fully saturated rings. The molecule has 92 valence electrons. The summed E-state index contributed by atoms with van der Waals surface area (Å²) in [6, 6.07) is 2.01. The third-order valence-electron chi connectivity index (χ3n) is 2.99. The Morgan fingerprint density at radius 1 is 1.35 bits per heavy atom. The van der Waals surface area contributed by atoms with Gasteiger partial charge in [-0.3, -0.25) is 4.79 Å². The molecule has 1 saturated heterocycles. The largest absolute Gasteiger partial charge is 0.333 e. The number of nitrogens with zero attached hydrogens (tertiary/aromatic N) is 3. The highest BCUT2D eigenvalue weighted by atomic mass is 16.1. The van der Waals surface area contributed by atoms with Gasteiger partial charge >= 0.3 is 0 Å². The van der Waals surface area contributed by atoms with Crippen LogP contribution in [0.25, 0.3) is 0 Å². The summed E-state index contributed by atoms with van der Waals surface area (Å²) >= 11 is 0. The minimum absolute atomic E-state index is 0.285. The summed E-state index contributed by atoms with van der Waals surface area (Å²) in [4.78, 5) is 22.4. The van der Waals surface area contributed by atoms with Crippen LogP contribution in [-0.4, -0.2) is 28.8 Å². The highest BCUT2D eigenvalue weighted by Crippen LogP contribution is 2.19. The van der Waals surface area contributed by atoms with Crippen molar-refractivity contribution in [3.8, 4) is 0 Å². The number of piperidine rings is 1. The molecule has 2 heterocycles. The third kappa shape index (κ3) is 2.81. The van der Waals surface area contributed by atoms with Crippen LogP contribution in [0.1, 0.15) is 44.0 Å². The van der Waals surface area contributed by atoms with E-state index in [0.29, 0.717) is 24.8 Å². The maximum absolute atomic E-state index is 11.5. The van der Waals surface area contributed by atoms with Gasteiger partial charge in [0.25, 0.3) is 0 Å². The zero-order valence-electron chi connectivity index (χ0n) is 10.7. The number of carbonyl (C=O) groups is 1. The lowest BCUT2D eigenvalue weighted by Crippen LogP contribution is -2.37. The summed E-state index contributed by atoms with van der Waals surface area (Å²) in [5, 5.41) is 0. The second kappa shape index (κ2) is 4.82. The van der Waals surface area contributed by atoms with Gasteiger partial charge in [-0.1, -0.05) is 13.8 Å². The molecule has 4 heteroatoms. The molecular formula is C13H19N3O. The van der Waals surface area contributed by atoms with E-state index in [0.717, 1.165) is 24.4 Å². The first-order valence-corrected chi connectivity index (χ1v) is 6.18. The number of aromatic nitrogens is 2. The molecule has 0 bridgehead atoms. The van der Waals surface area contributed by atoms with E-state index in [1.54, 1.807) is 0 Å². The normalized spacial score (nSPS) is 16.7. The van der Waals surface area contributed by atoms with E-state index in [1.807, 2.05) is 17.9 Å². The van der Waals surface area contributed by atoms with Crippen LogP contribution >= 0.6 is 0 Å². The van der Waals surface area contributed by atoms with Gasteiger partial charge in [-0.05, 0) is 25.3 Å². The lowest BCUT2D eigenvalue weighted by Gasteiger charge is -2.26. The van der Waals surface area contributed by atoms with Crippen LogP contribution < -0.4 is 4.90 Å². The van der Waals surface area contributed by atoms with E-state index in [4.69, 9.17) is 0 Å². The van der Waals surface area contributed by atoms with Gasteiger partial charge in [0.15, 0.2) is 5.78 Å². The van der Waals surface area contributed by atoms with Gasteiger partial charge in [-0.15, -0.1) is 0 Å². The Labute approximate surface area is 102 Å². The minimum Gasteiger partial charge on any atom is -0.333 e. The first-order chi connectivity index (χ1) is 8.06. The Bertz CT molecular complexity index is 429. The third-order valence-corrected chi connectivity index (χ3v) is 2.99. The van der Waals surface area contributed by atoms with E-state index >= 15 is 0 Å². The number of Topliss-reactive ketones (excluding diaryl/α,β-unsaturated/α-hetero) is 1. The van der Waals surface area contributed by atoms with Gasteiger partial charge in [-0.2, -0.15) is 0 Å². The summed E-state index contributed by atoms with van der Waals surface area (Å²) in [5.41, 5.74) is 2.02. The quantitative estimate of drug-likeness (QED) is 0.784. The molecule has 1 aromatic heterocycles. The van der Waals surface area contributed by atoms with E-state index in [9.17, 15) is 4.79 Å². The Morgan fingerprint density at radius 3 is 2.76 bits per heavy atom. The Hall–Kier alpha value is -1.45. The van der Waals surface area contributed by atoms with Crippen molar-refractivity contribution in [2.24, 2.45) is 0 Å². The molecule has 1 aliphatic heterocycles. The minimum atomic E-state index is 0.285. The van der Waals surface area contributed by atoms with E-state index in [-0.39, 0.29) is 5.78 Å². The first kappa shape index (κ1) is 12.0. The van der Waals surface area contributed by atoms with E-state index < -0.39 is 0 Å². The molecule has 0 unspecified atom stereocenters. The Balaban J connectivity index is 2.28. The SMILES string of the molecule is Cc1cc(C(C)C)nc(N2CCCC(=O)C2)n1. The predicted octanol–water partition coefficient (Wildman–Crippen LogP) is 2.08. The zero-order valence-corrected chi connectivity index (χ0v) is 10.7. The molecule has 0 amide bonds. The van der Waals surface area contributed by atoms with Crippen LogP contribution in [0.4, 0.5) is 5.95 Å². The van der Waals surface area contributed by atoms with Gasteiger partial charge in [-0.25, -0.2) is 9.97 Å². The van der Waals surface area contributed by atoms with Gasteiger partial charge in [0.2, 0.25) is 5.95 Å². The average molecular weight is 233 g/mol. The Morgan fingerprint density at radius 2 is 2.12 bits per heavy atom. The highest BCUT2D eigenvalue weighted by molar-refractivity contribution is 5.84. The van der Waals surface area contributed by atoms with Crippen LogP contribution in [-0.2, 0) is 4.79 Å². The molecule has 0 aliphatic carbocycles.